The molecule has 0 aliphatic heterocycles. The number of hydrogen-bond donors (Lipinski definition) is 4. The third kappa shape index (κ3) is 9.76. The van der Waals surface area contributed by atoms with Crippen LogP contribution in [0.1, 0.15) is 40.4 Å². The van der Waals surface area contributed by atoms with E-state index in [2.05, 4.69) is 35.0 Å². The monoisotopic (exact) mass is 555 g/mol. The highest BCUT2D eigenvalue weighted by Gasteiger charge is 2.22. The van der Waals surface area contributed by atoms with Crippen molar-refractivity contribution in [3.05, 3.63) is 101 Å². The number of rotatable bonds is 14. The summed E-state index contributed by atoms with van der Waals surface area (Å²) in [5, 5.41) is 19.6. The van der Waals surface area contributed by atoms with E-state index in [4.69, 9.17) is 0 Å². The van der Waals surface area contributed by atoms with E-state index in [1.807, 2.05) is 24.3 Å². The van der Waals surface area contributed by atoms with Crippen LogP contribution >= 0.6 is 11.8 Å². The van der Waals surface area contributed by atoms with E-state index < -0.39 is 23.8 Å². The molecule has 3 aromatic carbocycles. The third-order valence-corrected chi connectivity index (χ3v) is 7.29. The largest absolute Gasteiger partial charge is 0.390 e. The fourth-order valence-corrected chi connectivity index (χ4v) is 5.18. The maximum Gasteiger partial charge on any atom is 0.252 e. The summed E-state index contributed by atoms with van der Waals surface area (Å²) in [5.74, 6) is -1.55. The molecule has 3 aromatic rings. The van der Waals surface area contributed by atoms with Crippen LogP contribution in [0, 0.1) is 11.6 Å². The Morgan fingerprint density at radius 2 is 1.67 bits per heavy atom. The highest BCUT2D eigenvalue weighted by molar-refractivity contribution is 7.99. The van der Waals surface area contributed by atoms with Crippen molar-refractivity contribution in [2.24, 2.45) is 0 Å². The van der Waals surface area contributed by atoms with Gasteiger partial charge in [-0.15, -0.1) is 11.8 Å². The van der Waals surface area contributed by atoms with Crippen molar-refractivity contribution in [2.45, 2.75) is 49.8 Å². The fourth-order valence-electron chi connectivity index (χ4n) is 4.18. The molecule has 0 bridgehead atoms. The Labute approximate surface area is 232 Å². The van der Waals surface area contributed by atoms with Gasteiger partial charge in [0.2, 0.25) is 5.91 Å². The molecule has 0 spiro atoms. The van der Waals surface area contributed by atoms with Crippen molar-refractivity contribution in [3.8, 4) is 0 Å². The summed E-state index contributed by atoms with van der Waals surface area (Å²) in [6.45, 7) is 2.78. The van der Waals surface area contributed by atoms with E-state index in [0.29, 0.717) is 23.4 Å². The first kappa shape index (κ1) is 30.3. The van der Waals surface area contributed by atoms with Crippen LogP contribution in [-0.4, -0.2) is 48.4 Å². The van der Waals surface area contributed by atoms with E-state index >= 15 is 0 Å². The number of carbonyl (C=O) groups excluding carboxylic acids is 2. The van der Waals surface area contributed by atoms with Crippen LogP contribution in [0.4, 0.5) is 8.78 Å². The van der Waals surface area contributed by atoms with Crippen LogP contribution < -0.4 is 16.0 Å². The molecule has 0 saturated heterocycles. The number of aryl methyl sites for hydroxylation is 1. The topological polar surface area (TPSA) is 90.5 Å². The first-order valence-electron chi connectivity index (χ1n) is 12.9. The van der Waals surface area contributed by atoms with Gasteiger partial charge in [0.1, 0.15) is 11.6 Å². The number of amides is 2. The van der Waals surface area contributed by atoms with Gasteiger partial charge in [0.15, 0.2) is 0 Å². The molecule has 0 heterocycles. The molecule has 0 aliphatic carbocycles. The fraction of sp³-hybridized carbons (Fsp3) is 0.333. The van der Waals surface area contributed by atoms with Gasteiger partial charge in [-0.1, -0.05) is 43.3 Å². The highest BCUT2D eigenvalue weighted by atomic mass is 32.2. The van der Waals surface area contributed by atoms with E-state index in [1.54, 1.807) is 19.2 Å². The Morgan fingerprint density at radius 1 is 0.949 bits per heavy atom. The molecule has 4 N–H and O–H groups in total. The van der Waals surface area contributed by atoms with Crippen molar-refractivity contribution >= 4 is 23.6 Å². The van der Waals surface area contributed by atoms with Crippen molar-refractivity contribution in [1.82, 2.24) is 16.0 Å². The molecular weight excluding hydrogens is 520 g/mol. The number of aliphatic hydroxyl groups is 1. The molecule has 9 heteroatoms. The molecule has 2 amide bonds. The third-order valence-electron chi connectivity index (χ3n) is 6.22. The molecule has 3 rings (SSSR count). The predicted molar refractivity (Wildman–Crippen MR) is 151 cm³/mol. The molecule has 208 valence electrons. The zero-order valence-corrected chi connectivity index (χ0v) is 23.0. The van der Waals surface area contributed by atoms with Crippen LogP contribution in [0.3, 0.4) is 0 Å². The molecule has 0 fully saturated rings. The minimum absolute atomic E-state index is 0.0568. The van der Waals surface area contributed by atoms with E-state index in [1.165, 1.54) is 29.5 Å². The average molecular weight is 556 g/mol. The average Bonchev–Trinajstić information content (AvgIpc) is 2.92. The molecule has 0 aliphatic rings. The van der Waals surface area contributed by atoms with Gasteiger partial charge in [0, 0.05) is 43.3 Å². The zero-order valence-electron chi connectivity index (χ0n) is 22.2. The van der Waals surface area contributed by atoms with Crippen LogP contribution in [0.25, 0.3) is 0 Å². The van der Waals surface area contributed by atoms with Gasteiger partial charge in [-0.3, -0.25) is 9.59 Å². The van der Waals surface area contributed by atoms with Gasteiger partial charge >= 0.3 is 0 Å². The summed E-state index contributed by atoms with van der Waals surface area (Å²) in [6, 6.07) is 17.7. The highest BCUT2D eigenvalue weighted by Crippen LogP contribution is 2.23. The second-order valence-corrected chi connectivity index (χ2v) is 10.3. The second kappa shape index (κ2) is 15.4. The Hall–Kier alpha value is -3.27. The number of halogens is 2. The lowest BCUT2D eigenvalue weighted by Gasteiger charge is -2.25. The zero-order chi connectivity index (χ0) is 28.2. The summed E-state index contributed by atoms with van der Waals surface area (Å²) < 4.78 is 27.6. The molecule has 2 atom stereocenters. The van der Waals surface area contributed by atoms with Crippen LogP contribution in [0.5, 0.6) is 0 Å². The summed E-state index contributed by atoms with van der Waals surface area (Å²) in [7, 11) is 1.56. The first-order valence-corrected chi connectivity index (χ1v) is 13.9. The van der Waals surface area contributed by atoms with E-state index in [0.717, 1.165) is 22.9 Å². The van der Waals surface area contributed by atoms with Gasteiger partial charge in [-0.05, 0) is 53.8 Å². The Bertz CT molecular complexity index is 1240. The lowest BCUT2D eigenvalue weighted by atomic mass is 10.0. The number of nitrogens with one attached hydrogen (secondary N) is 3. The number of thioether (sulfide) groups is 1. The maximum atomic E-state index is 13.8. The van der Waals surface area contributed by atoms with Crippen molar-refractivity contribution in [1.29, 1.82) is 0 Å². The lowest BCUT2D eigenvalue weighted by molar-refractivity contribution is -0.122. The molecule has 0 aromatic heterocycles. The van der Waals surface area contributed by atoms with E-state index in [9.17, 15) is 23.5 Å². The summed E-state index contributed by atoms with van der Waals surface area (Å²) in [5.41, 5.74) is 3.15. The van der Waals surface area contributed by atoms with Crippen molar-refractivity contribution < 1.29 is 23.5 Å². The number of hydrogen-bond acceptors (Lipinski definition) is 5. The van der Waals surface area contributed by atoms with Crippen LogP contribution in [-0.2, 0) is 24.2 Å². The maximum absolute atomic E-state index is 13.8. The standard InChI is InChI=1S/C30H35F2N3O3S/c1-3-20-7-6-8-21(13-20)18-34-19-27(36)26(16-22-14-23(31)17-24(32)15-22)35-29(37)11-12-39-28-10-5-4-9-25(28)30(38)33-2/h4-10,13-15,17,26-27,34,36H,3,11-12,16,18-19H2,1-2H3,(H,33,38)(H,35,37)/t26-,27+/m0/s1. The number of aliphatic hydroxyl groups excluding tert-OH is 1. The predicted octanol–water partition coefficient (Wildman–Crippen LogP) is 4.25. The SMILES string of the molecule is CCc1cccc(CNC[C@@H](O)[C@H](Cc2cc(F)cc(F)c2)NC(=O)CCSc2ccccc2C(=O)NC)c1. The first-order chi connectivity index (χ1) is 18.8. The normalized spacial score (nSPS) is 12.5. The molecule has 0 radical (unpaired) electrons. The quantitative estimate of drug-likeness (QED) is 0.224. The Balaban J connectivity index is 1.61. The van der Waals surface area contributed by atoms with Gasteiger partial charge in [-0.2, -0.15) is 0 Å². The second-order valence-electron chi connectivity index (χ2n) is 9.20. The van der Waals surface area contributed by atoms with Gasteiger partial charge < -0.3 is 21.1 Å². The van der Waals surface area contributed by atoms with Crippen LogP contribution in [0.15, 0.2) is 71.6 Å². The lowest BCUT2D eigenvalue weighted by Crippen LogP contribution is -2.48. The summed E-state index contributed by atoms with van der Waals surface area (Å²) in [6.07, 6.45) is 0.104. The summed E-state index contributed by atoms with van der Waals surface area (Å²) >= 11 is 1.38. The Morgan fingerprint density at radius 3 is 2.38 bits per heavy atom. The number of benzene rings is 3. The number of carbonyl (C=O) groups is 2. The molecule has 0 saturated carbocycles. The van der Waals surface area contributed by atoms with Crippen LogP contribution in [0.2, 0.25) is 0 Å². The minimum atomic E-state index is -1.00. The van der Waals surface area contributed by atoms with Gasteiger partial charge in [0.25, 0.3) is 5.91 Å². The van der Waals surface area contributed by atoms with Gasteiger partial charge in [-0.25, -0.2) is 8.78 Å². The Kier molecular flexibility index (Phi) is 11.9. The minimum Gasteiger partial charge on any atom is -0.390 e. The molecule has 6 nitrogen and oxygen atoms in total. The molecule has 39 heavy (non-hydrogen) atoms. The van der Waals surface area contributed by atoms with Crippen molar-refractivity contribution in [2.75, 3.05) is 19.3 Å². The summed E-state index contributed by atoms with van der Waals surface area (Å²) in [4.78, 5) is 25.7. The molecule has 0 unspecified atom stereocenters. The van der Waals surface area contributed by atoms with Crippen molar-refractivity contribution in [3.63, 3.8) is 0 Å². The smallest absolute Gasteiger partial charge is 0.252 e. The van der Waals surface area contributed by atoms with Gasteiger partial charge in [0.05, 0.1) is 17.7 Å². The molecular formula is C30H35F2N3O3S. The van der Waals surface area contributed by atoms with E-state index in [-0.39, 0.29) is 31.2 Å².